The summed E-state index contributed by atoms with van der Waals surface area (Å²) in [5.41, 5.74) is 1.84. The smallest absolute Gasteiger partial charge is 0.272 e. The fourth-order valence-electron chi connectivity index (χ4n) is 3.95. The number of anilines is 2. The van der Waals surface area contributed by atoms with Gasteiger partial charge >= 0.3 is 0 Å². The van der Waals surface area contributed by atoms with Crippen molar-refractivity contribution in [2.24, 2.45) is 0 Å². The first kappa shape index (κ1) is 34.2. The highest BCUT2D eigenvalue weighted by molar-refractivity contribution is 9.10. The van der Waals surface area contributed by atoms with Crippen molar-refractivity contribution in [2.45, 2.75) is 25.9 Å². The van der Waals surface area contributed by atoms with Gasteiger partial charge in [0.2, 0.25) is 11.8 Å². The summed E-state index contributed by atoms with van der Waals surface area (Å²) in [7, 11) is 2.62. The van der Waals surface area contributed by atoms with E-state index < -0.39 is 46.3 Å². The molecule has 0 bridgehead atoms. The number of carbonyl (C=O) groups excluding carboxylic acids is 3. The minimum atomic E-state index is -1.27. The van der Waals surface area contributed by atoms with Crippen molar-refractivity contribution in [1.82, 2.24) is 10.4 Å². The molecular formula is C28H29BrN6O10. The van der Waals surface area contributed by atoms with E-state index >= 15 is 0 Å². The zero-order chi connectivity index (χ0) is 33.3. The van der Waals surface area contributed by atoms with Gasteiger partial charge in [0.15, 0.2) is 6.61 Å². The fraction of sp³-hybridized carbons (Fsp3) is 0.250. The zero-order valence-corrected chi connectivity index (χ0v) is 26.0. The van der Waals surface area contributed by atoms with E-state index in [0.717, 1.165) is 17.1 Å². The Hall–Kier alpha value is -5.29. The highest BCUT2D eigenvalue weighted by atomic mass is 79.9. The number of nitro benzene ring substituents is 2. The lowest BCUT2D eigenvalue weighted by molar-refractivity contribution is -0.385. The van der Waals surface area contributed by atoms with Gasteiger partial charge in [0.1, 0.15) is 29.3 Å². The van der Waals surface area contributed by atoms with Crippen LogP contribution in [0, 0.1) is 20.2 Å². The van der Waals surface area contributed by atoms with Crippen molar-refractivity contribution >= 4 is 56.4 Å². The number of hydrazine groups is 1. The topological polar surface area (TPSA) is 205 Å². The molecule has 17 heteroatoms. The fourth-order valence-corrected chi connectivity index (χ4v) is 4.33. The molecule has 2 atom stereocenters. The van der Waals surface area contributed by atoms with E-state index in [-0.39, 0.29) is 34.2 Å². The molecule has 0 aliphatic carbocycles. The monoisotopic (exact) mass is 688 g/mol. The molecule has 3 aromatic carbocycles. The van der Waals surface area contributed by atoms with Crippen molar-refractivity contribution < 1.29 is 38.4 Å². The third-order valence-electron chi connectivity index (χ3n) is 6.32. The van der Waals surface area contributed by atoms with E-state index in [0.29, 0.717) is 10.2 Å². The van der Waals surface area contributed by atoms with E-state index in [9.17, 15) is 34.6 Å². The molecule has 0 aromatic heterocycles. The summed E-state index contributed by atoms with van der Waals surface area (Å²) in [4.78, 5) is 61.1. The Morgan fingerprint density at radius 1 is 0.822 bits per heavy atom. The summed E-state index contributed by atoms with van der Waals surface area (Å²) in [6.07, 6.45) is 0. The number of amides is 3. The van der Waals surface area contributed by atoms with Crippen molar-refractivity contribution in [2.75, 3.05) is 31.5 Å². The molecule has 0 heterocycles. The third kappa shape index (κ3) is 9.10. The van der Waals surface area contributed by atoms with Gasteiger partial charge in [-0.1, -0.05) is 22.0 Å². The minimum absolute atomic E-state index is 0.0220. The number of benzene rings is 3. The van der Waals surface area contributed by atoms with Crippen LogP contribution in [0.5, 0.6) is 17.2 Å². The minimum Gasteiger partial charge on any atom is -0.495 e. The number of rotatable bonds is 14. The van der Waals surface area contributed by atoms with Crippen molar-refractivity contribution in [3.05, 3.63) is 85.4 Å². The maximum Gasteiger partial charge on any atom is 0.272 e. The second-order valence-electron chi connectivity index (χ2n) is 9.30. The van der Waals surface area contributed by atoms with Crippen LogP contribution in [0.3, 0.4) is 0 Å². The van der Waals surface area contributed by atoms with Crippen LogP contribution in [0.4, 0.5) is 22.7 Å². The molecule has 3 N–H and O–H groups in total. The first-order valence-electron chi connectivity index (χ1n) is 13.1. The van der Waals surface area contributed by atoms with Crippen LogP contribution in [-0.2, 0) is 14.4 Å². The number of nitrogens with one attached hydrogen (secondary N) is 3. The Morgan fingerprint density at radius 3 is 1.73 bits per heavy atom. The lowest BCUT2D eigenvalue weighted by Gasteiger charge is -2.33. The molecule has 3 aromatic rings. The van der Waals surface area contributed by atoms with Crippen LogP contribution in [0.2, 0.25) is 0 Å². The van der Waals surface area contributed by atoms with Crippen molar-refractivity contribution in [3.63, 3.8) is 0 Å². The lowest BCUT2D eigenvalue weighted by Crippen LogP contribution is -2.59. The summed E-state index contributed by atoms with van der Waals surface area (Å²) in [5.74, 6) is -1.64. The van der Waals surface area contributed by atoms with Crippen molar-refractivity contribution in [3.8, 4) is 17.2 Å². The molecule has 0 radical (unpaired) electrons. The van der Waals surface area contributed by atoms with Gasteiger partial charge in [0, 0.05) is 28.7 Å². The van der Waals surface area contributed by atoms with Crippen LogP contribution in [-0.4, -0.2) is 65.5 Å². The predicted molar refractivity (Wildman–Crippen MR) is 165 cm³/mol. The number of methoxy groups -OCH3 is 2. The molecule has 0 aliphatic heterocycles. The highest BCUT2D eigenvalue weighted by Gasteiger charge is 2.33. The standard InChI is InChI=1S/C28H29BrN6O10/c1-16(27(37)30-22-13-19(34(39)40)8-10-24(22)43-3)33(32-26(36)15-45-21-7-5-6-18(29)12-21)17(2)28(38)31-23-14-20(35(41)42)9-11-25(23)44-4/h5-14,16-17H,15H2,1-4H3,(H,30,37)(H,31,38)(H,32,36). The largest absolute Gasteiger partial charge is 0.495 e. The lowest BCUT2D eigenvalue weighted by atomic mass is 10.2. The van der Waals surface area contributed by atoms with Gasteiger partial charge in [-0.2, -0.15) is 5.01 Å². The first-order chi connectivity index (χ1) is 21.3. The molecule has 0 aliphatic rings. The Labute approximate surface area is 265 Å². The van der Waals surface area contributed by atoms with E-state index in [1.54, 1.807) is 24.3 Å². The molecule has 2 unspecified atom stereocenters. The summed E-state index contributed by atoms with van der Waals surface area (Å²) >= 11 is 3.31. The number of non-ortho nitro benzene ring substituents is 2. The Balaban J connectivity index is 1.88. The number of ether oxygens (including phenoxy) is 3. The van der Waals surface area contributed by atoms with Gasteiger partial charge in [0.05, 0.1) is 35.4 Å². The molecule has 3 rings (SSSR count). The van der Waals surface area contributed by atoms with Gasteiger partial charge in [-0.15, -0.1) is 0 Å². The van der Waals surface area contributed by atoms with E-state index in [1.165, 1.54) is 52.3 Å². The van der Waals surface area contributed by atoms with Crippen LogP contribution in [0.25, 0.3) is 0 Å². The Morgan fingerprint density at radius 2 is 1.31 bits per heavy atom. The maximum absolute atomic E-state index is 13.4. The van der Waals surface area contributed by atoms with Gasteiger partial charge < -0.3 is 24.8 Å². The molecule has 0 saturated carbocycles. The van der Waals surface area contributed by atoms with Crippen LogP contribution in [0.15, 0.2) is 65.1 Å². The zero-order valence-electron chi connectivity index (χ0n) is 24.4. The normalized spacial score (nSPS) is 12.0. The number of carbonyl (C=O) groups is 3. The highest BCUT2D eigenvalue weighted by Crippen LogP contribution is 2.30. The molecule has 0 fully saturated rings. The molecule has 0 spiro atoms. The number of hydrogen-bond acceptors (Lipinski definition) is 11. The van der Waals surface area contributed by atoms with Crippen LogP contribution < -0.4 is 30.3 Å². The molecule has 16 nitrogen and oxygen atoms in total. The molecule has 238 valence electrons. The van der Waals surface area contributed by atoms with E-state index in [4.69, 9.17) is 14.2 Å². The molecule has 0 saturated heterocycles. The Kier molecular flexibility index (Phi) is 11.7. The van der Waals surface area contributed by atoms with Gasteiger partial charge in [-0.05, 0) is 44.2 Å². The number of halogens is 1. The van der Waals surface area contributed by atoms with Gasteiger partial charge in [0.25, 0.3) is 17.3 Å². The molecule has 45 heavy (non-hydrogen) atoms. The first-order valence-corrected chi connectivity index (χ1v) is 13.9. The second-order valence-corrected chi connectivity index (χ2v) is 10.2. The molecular weight excluding hydrogens is 660 g/mol. The van der Waals surface area contributed by atoms with Crippen LogP contribution in [0.1, 0.15) is 13.8 Å². The SMILES string of the molecule is COc1ccc([N+](=O)[O-])cc1NC(=O)C(C)N(NC(=O)COc1cccc(Br)c1)C(C)C(=O)Nc1cc([N+](=O)[O-])ccc1OC. The summed E-state index contributed by atoms with van der Waals surface area (Å²) in [6.45, 7) is 2.27. The maximum atomic E-state index is 13.4. The average molecular weight is 689 g/mol. The predicted octanol–water partition coefficient (Wildman–Crippen LogP) is 4.05. The van der Waals surface area contributed by atoms with Crippen LogP contribution >= 0.6 is 15.9 Å². The second kappa shape index (κ2) is 15.4. The average Bonchev–Trinajstić information content (AvgIpc) is 3.01. The van der Waals surface area contributed by atoms with Gasteiger partial charge in [-0.3, -0.25) is 40.0 Å². The summed E-state index contributed by atoms with van der Waals surface area (Å²) < 4.78 is 16.6. The Bertz CT molecular complexity index is 1520. The van der Waals surface area contributed by atoms with Gasteiger partial charge in [-0.25, -0.2) is 0 Å². The van der Waals surface area contributed by atoms with Crippen molar-refractivity contribution in [1.29, 1.82) is 0 Å². The number of nitro groups is 2. The molecule has 3 amide bonds. The summed E-state index contributed by atoms with van der Waals surface area (Å²) in [6, 6.07) is 11.4. The van der Waals surface area contributed by atoms with E-state index in [1.807, 2.05) is 0 Å². The number of hydrogen-bond donors (Lipinski definition) is 3. The number of nitrogens with zero attached hydrogens (tertiary/aromatic N) is 3. The quantitative estimate of drug-likeness (QED) is 0.163. The summed E-state index contributed by atoms with van der Waals surface area (Å²) in [5, 5.41) is 28.7. The third-order valence-corrected chi connectivity index (χ3v) is 6.81. The van der Waals surface area contributed by atoms with E-state index in [2.05, 4.69) is 32.0 Å².